The van der Waals surface area contributed by atoms with Gasteiger partial charge in [0, 0.05) is 23.9 Å². The van der Waals surface area contributed by atoms with Crippen LogP contribution >= 0.6 is 0 Å². The van der Waals surface area contributed by atoms with Crippen LogP contribution in [0.5, 0.6) is 0 Å². The Kier molecular flexibility index (Phi) is 7.47. The molecule has 8 nitrogen and oxygen atoms in total. The molecular formula is C21H31FN6O2S. The van der Waals surface area contributed by atoms with Crippen LogP contribution in [0.4, 0.5) is 9.18 Å². The molecule has 0 saturated heterocycles. The van der Waals surface area contributed by atoms with Crippen molar-refractivity contribution < 1.29 is 13.4 Å². The maximum absolute atomic E-state index is 14.2. The zero-order valence-corrected chi connectivity index (χ0v) is 18.7. The molecule has 1 aromatic carbocycles. The monoisotopic (exact) mass is 450 g/mol. The molecule has 1 aromatic rings. The van der Waals surface area contributed by atoms with Gasteiger partial charge in [0.1, 0.15) is 21.5 Å². The summed E-state index contributed by atoms with van der Waals surface area (Å²) in [7, 11) is -3.79. The maximum Gasteiger partial charge on any atom is 0.354 e. The lowest BCUT2D eigenvalue weighted by molar-refractivity contribution is 0.252. The summed E-state index contributed by atoms with van der Waals surface area (Å²) < 4.78 is 30.5. The SMILES string of the molecule is CCNCC(F)C(N)S(N)(=O)=NC(=O)NC1=C2CCCC2NC(C)=C1c1ccccc1. The van der Waals surface area contributed by atoms with Gasteiger partial charge in [-0.15, -0.1) is 4.36 Å². The van der Waals surface area contributed by atoms with Gasteiger partial charge in [-0.05, 0) is 43.9 Å². The van der Waals surface area contributed by atoms with E-state index in [0.29, 0.717) is 12.2 Å². The number of carbonyl (C=O) groups is 1. The molecule has 1 aliphatic heterocycles. The van der Waals surface area contributed by atoms with Gasteiger partial charge in [-0.25, -0.2) is 18.5 Å². The van der Waals surface area contributed by atoms with E-state index in [4.69, 9.17) is 10.9 Å². The van der Waals surface area contributed by atoms with E-state index in [1.54, 1.807) is 6.92 Å². The third-order valence-corrected chi connectivity index (χ3v) is 7.08. The van der Waals surface area contributed by atoms with Crippen LogP contribution in [0.15, 0.2) is 51.7 Å². The van der Waals surface area contributed by atoms with Crippen LogP contribution in [0.2, 0.25) is 0 Å². The average Bonchev–Trinajstić information content (AvgIpc) is 3.20. The second kappa shape index (κ2) is 9.90. The molecule has 1 saturated carbocycles. The molecule has 0 aromatic heterocycles. The number of benzene rings is 1. The van der Waals surface area contributed by atoms with Gasteiger partial charge in [-0.1, -0.05) is 37.3 Å². The smallest absolute Gasteiger partial charge is 0.354 e. The minimum absolute atomic E-state index is 0.119. The molecule has 170 valence electrons. The van der Waals surface area contributed by atoms with Gasteiger partial charge in [0.05, 0.1) is 5.70 Å². The molecule has 1 fully saturated rings. The van der Waals surface area contributed by atoms with Crippen molar-refractivity contribution in [3.05, 3.63) is 52.9 Å². The second-order valence-corrected chi connectivity index (χ2v) is 9.73. The molecule has 1 heterocycles. The summed E-state index contributed by atoms with van der Waals surface area (Å²) in [6.07, 6.45) is 1.07. The lowest BCUT2D eigenvalue weighted by Gasteiger charge is -2.30. The van der Waals surface area contributed by atoms with Gasteiger partial charge in [-0.3, -0.25) is 0 Å². The van der Waals surface area contributed by atoms with E-state index in [2.05, 4.69) is 20.3 Å². The van der Waals surface area contributed by atoms with E-state index in [-0.39, 0.29) is 12.6 Å². The number of nitrogens with two attached hydrogens (primary N) is 2. The van der Waals surface area contributed by atoms with Gasteiger partial charge >= 0.3 is 6.03 Å². The Morgan fingerprint density at radius 1 is 1.39 bits per heavy atom. The van der Waals surface area contributed by atoms with E-state index >= 15 is 0 Å². The first-order valence-electron chi connectivity index (χ1n) is 10.5. The number of amides is 2. The number of hydrogen-bond acceptors (Lipinski definition) is 5. The van der Waals surface area contributed by atoms with Gasteiger partial charge in [0.15, 0.2) is 0 Å². The summed E-state index contributed by atoms with van der Waals surface area (Å²) in [4.78, 5) is 12.7. The zero-order chi connectivity index (χ0) is 22.6. The molecule has 0 spiro atoms. The number of nitrogens with zero attached hydrogens (tertiary/aromatic N) is 1. The highest BCUT2D eigenvalue weighted by molar-refractivity contribution is 7.92. The summed E-state index contributed by atoms with van der Waals surface area (Å²) in [5, 5.41) is 13.2. The topological polar surface area (TPSA) is 135 Å². The Balaban J connectivity index is 1.90. The van der Waals surface area contributed by atoms with Gasteiger partial charge < -0.3 is 21.7 Å². The molecule has 2 amide bonds. The Labute approximate surface area is 183 Å². The number of hydrogen-bond donors (Lipinski definition) is 5. The van der Waals surface area contributed by atoms with Crippen LogP contribution < -0.4 is 26.8 Å². The number of carbonyl (C=O) groups excluding carboxylic acids is 1. The highest BCUT2D eigenvalue weighted by atomic mass is 32.2. The van der Waals surface area contributed by atoms with Crippen molar-refractivity contribution in [2.45, 2.75) is 50.7 Å². The van der Waals surface area contributed by atoms with Crippen molar-refractivity contribution in [2.24, 2.45) is 15.2 Å². The molecule has 3 rings (SSSR count). The minimum Gasteiger partial charge on any atom is -0.381 e. The average molecular weight is 451 g/mol. The van der Waals surface area contributed by atoms with E-state index in [9.17, 15) is 13.4 Å². The molecule has 7 N–H and O–H groups in total. The molecule has 31 heavy (non-hydrogen) atoms. The van der Waals surface area contributed by atoms with Crippen molar-refractivity contribution >= 4 is 21.5 Å². The standard InChI is InChI=1S/C21H31FN6O2S/c1-3-25-12-16(22)20(23)31(24,30)28-21(29)27-19-15-10-7-11-17(15)26-13(2)18(19)14-8-5-4-6-9-14/h4-6,8-9,16-17,20,25-26H,3,7,10-12,23H2,1-2H3,(H3,24,27,28,29,30). The first kappa shape index (κ1) is 23.4. The van der Waals surface area contributed by atoms with Crippen LogP contribution in [-0.4, -0.2) is 40.9 Å². The first-order chi connectivity index (χ1) is 14.7. The first-order valence-corrected chi connectivity index (χ1v) is 12.1. The predicted octanol–water partition coefficient (Wildman–Crippen LogP) is 2.11. The molecule has 0 radical (unpaired) electrons. The van der Waals surface area contributed by atoms with Crippen molar-refractivity contribution in [2.75, 3.05) is 13.1 Å². The van der Waals surface area contributed by atoms with Crippen LogP contribution in [0.25, 0.3) is 5.57 Å². The van der Waals surface area contributed by atoms with Crippen molar-refractivity contribution in [3.8, 4) is 0 Å². The number of allylic oxidation sites excluding steroid dienone is 2. The van der Waals surface area contributed by atoms with E-state index in [1.807, 2.05) is 37.3 Å². The summed E-state index contributed by atoms with van der Waals surface area (Å²) in [6.45, 7) is 4.17. The fraction of sp³-hybridized carbons (Fsp3) is 0.476. The number of alkyl halides is 1. The fourth-order valence-electron chi connectivity index (χ4n) is 4.02. The van der Waals surface area contributed by atoms with Gasteiger partial charge in [0.2, 0.25) is 0 Å². The Hall–Kier alpha value is -2.27. The largest absolute Gasteiger partial charge is 0.381 e. The predicted molar refractivity (Wildman–Crippen MR) is 122 cm³/mol. The second-order valence-electron chi connectivity index (χ2n) is 7.78. The zero-order valence-electron chi connectivity index (χ0n) is 17.9. The minimum atomic E-state index is -3.79. The Morgan fingerprint density at radius 3 is 2.77 bits per heavy atom. The number of rotatable bonds is 7. The quantitative estimate of drug-likeness (QED) is 0.434. The van der Waals surface area contributed by atoms with Crippen LogP contribution in [-0.2, 0) is 9.92 Å². The molecule has 2 aliphatic rings. The van der Waals surface area contributed by atoms with Crippen molar-refractivity contribution in [3.63, 3.8) is 0 Å². The summed E-state index contributed by atoms with van der Waals surface area (Å²) in [5.74, 6) is 0. The molecule has 0 bridgehead atoms. The summed E-state index contributed by atoms with van der Waals surface area (Å²) in [5.41, 5.74) is 10.1. The number of dihydropyridines is 1. The molecule has 1 aliphatic carbocycles. The van der Waals surface area contributed by atoms with Crippen LogP contribution in [0.3, 0.4) is 0 Å². The fourth-order valence-corrected chi connectivity index (χ4v) is 4.97. The highest BCUT2D eigenvalue weighted by Crippen LogP contribution is 2.38. The molecular weight excluding hydrogens is 419 g/mol. The van der Waals surface area contributed by atoms with E-state index in [1.165, 1.54) is 0 Å². The summed E-state index contributed by atoms with van der Waals surface area (Å²) >= 11 is 0. The maximum atomic E-state index is 14.2. The third kappa shape index (κ3) is 5.32. The van der Waals surface area contributed by atoms with Crippen LogP contribution in [0.1, 0.15) is 38.7 Å². The van der Waals surface area contributed by atoms with Crippen LogP contribution in [0, 0.1) is 0 Å². The number of nitrogens with one attached hydrogen (secondary N) is 3. The van der Waals surface area contributed by atoms with Gasteiger partial charge in [-0.2, -0.15) is 0 Å². The van der Waals surface area contributed by atoms with E-state index < -0.39 is 27.5 Å². The van der Waals surface area contributed by atoms with Crippen molar-refractivity contribution in [1.29, 1.82) is 0 Å². The number of halogens is 1. The Bertz CT molecular complexity index is 1000. The lowest BCUT2D eigenvalue weighted by atomic mass is 9.91. The Morgan fingerprint density at radius 2 is 2.10 bits per heavy atom. The van der Waals surface area contributed by atoms with E-state index in [0.717, 1.165) is 41.7 Å². The molecule has 4 atom stereocenters. The van der Waals surface area contributed by atoms with Crippen molar-refractivity contribution in [1.82, 2.24) is 16.0 Å². The number of fused-ring (bicyclic) bond motifs is 1. The number of urea groups is 1. The molecule has 10 heteroatoms. The summed E-state index contributed by atoms with van der Waals surface area (Å²) in [6, 6.07) is 8.90. The van der Waals surface area contributed by atoms with Gasteiger partial charge in [0.25, 0.3) is 0 Å². The highest BCUT2D eigenvalue weighted by Gasteiger charge is 2.33. The molecule has 4 unspecified atom stereocenters. The normalized spacial score (nSPS) is 22.3. The lowest BCUT2D eigenvalue weighted by Crippen LogP contribution is -2.48. The third-order valence-electron chi connectivity index (χ3n) is 5.55.